The Bertz CT molecular complexity index is 464. The van der Waals surface area contributed by atoms with Gasteiger partial charge >= 0.3 is 0 Å². The highest BCUT2D eigenvalue weighted by Crippen LogP contribution is 2.15. The molecule has 0 aliphatic heterocycles. The van der Waals surface area contributed by atoms with Crippen LogP contribution in [0.2, 0.25) is 0 Å². The lowest BCUT2D eigenvalue weighted by Gasteiger charge is -2.28. The SMILES string of the molecule is CCC(C)N(CCOC)c1nc(C)cc(/C(N)=N/O)n1. The third kappa shape index (κ3) is 4.06. The van der Waals surface area contributed by atoms with Crippen molar-refractivity contribution in [3.63, 3.8) is 0 Å². The summed E-state index contributed by atoms with van der Waals surface area (Å²) in [7, 11) is 1.66. The predicted octanol–water partition coefficient (Wildman–Crippen LogP) is 1.13. The molecule has 7 heteroatoms. The molecule has 0 fully saturated rings. The number of hydrogen-bond donors (Lipinski definition) is 2. The molecular weight excluding hydrogens is 258 g/mol. The van der Waals surface area contributed by atoms with E-state index in [0.717, 1.165) is 12.1 Å². The topological polar surface area (TPSA) is 96.9 Å². The van der Waals surface area contributed by atoms with Crippen LogP contribution in [-0.4, -0.2) is 47.3 Å². The largest absolute Gasteiger partial charge is 0.409 e. The summed E-state index contributed by atoms with van der Waals surface area (Å²) in [5.41, 5.74) is 6.79. The molecule has 112 valence electrons. The summed E-state index contributed by atoms with van der Waals surface area (Å²) < 4.78 is 5.13. The average Bonchev–Trinajstić information content (AvgIpc) is 2.45. The van der Waals surface area contributed by atoms with Gasteiger partial charge in [0.1, 0.15) is 5.69 Å². The highest BCUT2D eigenvalue weighted by Gasteiger charge is 2.17. The monoisotopic (exact) mass is 281 g/mol. The molecule has 0 aliphatic rings. The van der Waals surface area contributed by atoms with E-state index in [4.69, 9.17) is 15.7 Å². The summed E-state index contributed by atoms with van der Waals surface area (Å²) in [4.78, 5) is 10.9. The van der Waals surface area contributed by atoms with Gasteiger partial charge in [0.15, 0.2) is 5.84 Å². The van der Waals surface area contributed by atoms with Crippen LogP contribution in [0.3, 0.4) is 0 Å². The van der Waals surface area contributed by atoms with Crippen molar-refractivity contribution < 1.29 is 9.94 Å². The van der Waals surface area contributed by atoms with Crippen LogP contribution in [0.15, 0.2) is 11.2 Å². The number of aryl methyl sites for hydroxylation is 1. The van der Waals surface area contributed by atoms with Crippen LogP contribution in [-0.2, 0) is 4.74 Å². The van der Waals surface area contributed by atoms with E-state index < -0.39 is 0 Å². The first-order chi connectivity index (χ1) is 9.53. The Hall–Kier alpha value is -1.89. The molecule has 0 amide bonds. The summed E-state index contributed by atoms with van der Waals surface area (Å²) in [6, 6.07) is 1.95. The highest BCUT2D eigenvalue weighted by atomic mass is 16.5. The molecule has 0 saturated carbocycles. The van der Waals surface area contributed by atoms with Gasteiger partial charge in [0, 0.05) is 25.4 Å². The maximum Gasteiger partial charge on any atom is 0.226 e. The lowest BCUT2D eigenvalue weighted by molar-refractivity contribution is 0.203. The quantitative estimate of drug-likeness (QED) is 0.336. The van der Waals surface area contributed by atoms with Gasteiger partial charge in [0.05, 0.1) is 6.61 Å². The van der Waals surface area contributed by atoms with Gasteiger partial charge < -0.3 is 20.6 Å². The number of rotatable bonds is 7. The molecule has 7 nitrogen and oxygen atoms in total. The highest BCUT2D eigenvalue weighted by molar-refractivity contribution is 5.95. The van der Waals surface area contributed by atoms with Gasteiger partial charge in [0.2, 0.25) is 5.95 Å². The molecular formula is C13H23N5O2. The summed E-state index contributed by atoms with van der Waals surface area (Å²) in [6.07, 6.45) is 0.958. The molecule has 1 unspecified atom stereocenters. The Morgan fingerprint density at radius 3 is 2.80 bits per heavy atom. The minimum absolute atomic E-state index is 0.0207. The van der Waals surface area contributed by atoms with E-state index in [1.807, 2.05) is 6.92 Å². The van der Waals surface area contributed by atoms with Crippen molar-refractivity contribution in [2.45, 2.75) is 33.2 Å². The van der Waals surface area contributed by atoms with Crippen molar-refractivity contribution in [2.75, 3.05) is 25.2 Å². The van der Waals surface area contributed by atoms with Gasteiger partial charge in [-0.3, -0.25) is 0 Å². The third-order valence-corrected chi connectivity index (χ3v) is 3.13. The number of hydrogen-bond acceptors (Lipinski definition) is 6. The Labute approximate surface area is 119 Å². The number of nitrogens with two attached hydrogens (primary N) is 1. The number of amidine groups is 1. The Morgan fingerprint density at radius 1 is 1.55 bits per heavy atom. The van der Waals surface area contributed by atoms with Crippen molar-refractivity contribution in [2.24, 2.45) is 10.9 Å². The van der Waals surface area contributed by atoms with Crippen LogP contribution in [0, 0.1) is 6.92 Å². The number of nitrogens with zero attached hydrogens (tertiary/aromatic N) is 4. The maximum atomic E-state index is 8.77. The Kier molecular flexibility index (Phi) is 6.17. The van der Waals surface area contributed by atoms with E-state index in [9.17, 15) is 0 Å². The minimum Gasteiger partial charge on any atom is -0.409 e. The lowest BCUT2D eigenvalue weighted by Crippen LogP contribution is -2.37. The smallest absolute Gasteiger partial charge is 0.226 e. The maximum absolute atomic E-state index is 8.77. The second kappa shape index (κ2) is 7.64. The fourth-order valence-electron chi connectivity index (χ4n) is 1.79. The number of aromatic nitrogens is 2. The first-order valence-corrected chi connectivity index (χ1v) is 6.62. The van der Waals surface area contributed by atoms with Crippen LogP contribution in [0.25, 0.3) is 0 Å². The van der Waals surface area contributed by atoms with E-state index in [-0.39, 0.29) is 11.9 Å². The molecule has 1 heterocycles. The van der Waals surface area contributed by atoms with Crippen LogP contribution in [0.5, 0.6) is 0 Å². The molecule has 0 bridgehead atoms. The third-order valence-electron chi connectivity index (χ3n) is 3.13. The summed E-state index contributed by atoms with van der Waals surface area (Å²) >= 11 is 0. The van der Waals surface area contributed by atoms with Crippen molar-refractivity contribution in [3.05, 3.63) is 17.5 Å². The molecule has 3 N–H and O–H groups in total. The number of methoxy groups -OCH3 is 1. The molecule has 1 rings (SSSR count). The standard InChI is InChI=1S/C13H23N5O2/c1-5-10(3)18(6-7-20-4)13-15-9(2)8-11(16-13)12(14)17-19/h8,10,19H,5-7H2,1-4H3,(H2,14,17). The zero-order chi connectivity index (χ0) is 15.1. The predicted molar refractivity (Wildman–Crippen MR) is 78.3 cm³/mol. The van der Waals surface area contributed by atoms with Crippen molar-refractivity contribution >= 4 is 11.8 Å². The minimum atomic E-state index is -0.0207. The summed E-state index contributed by atoms with van der Waals surface area (Å²) in [5, 5.41) is 11.8. The van der Waals surface area contributed by atoms with Gasteiger partial charge in [-0.05, 0) is 26.3 Å². The van der Waals surface area contributed by atoms with Gasteiger partial charge in [-0.1, -0.05) is 12.1 Å². The second-order valence-electron chi connectivity index (χ2n) is 4.62. The lowest BCUT2D eigenvalue weighted by atomic mass is 10.2. The molecule has 1 aromatic rings. The molecule has 20 heavy (non-hydrogen) atoms. The van der Waals surface area contributed by atoms with Crippen molar-refractivity contribution in [1.82, 2.24) is 9.97 Å². The van der Waals surface area contributed by atoms with Crippen LogP contribution >= 0.6 is 0 Å². The second-order valence-corrected chi connectivity index (χ2v) is 4.62. The number of ether oxygens (including phenoxy) is 1. The van der Waals surface area contributed by atoms with E-state index in [1.54, 1.807) is 13.2 Å². The summed E-state index contributed by atoms with van der Waals surface area (Å²) in [5.74, 6) is 0.547. The van der Waals surface area contributed by atoms with Crippen LogP contribution in [0.4, 0.5) is 5.95 Å². The van der Waals surface area contributed by atoms with Gasteiger partial charge in [0.25, 0.3) is 0 Å². The van der Waals surface area contributed by atoms with Crippen LogP contribution in [0.1, 0.15) is 31.7 Å². The molecule has 0 aromatic carbocycles. The molecule has 0 saturated heterocycles. The normalized spacial score (nSPS) is 13.3. The van der Waals surface area contributed by atoms with E-state index in [0.29, 0.717) is 24.8 Å². The number of oxime groups is 1. The fourth-order valence-corrected chi connectivity index (χ4v) is 1.79. The Balaban J connectivity index is 3.15. The molecule has 0 spiro atoms. The van der Waals surface area contributed by atoms with E-state index in [1.165, 1.54) is 0 Å². The van der Waals surface area contributed by atoms with E-state index >= 15 is 0 Å². The van der Waals surface area contributed by atoms with Crippen LogP contribution < -0.4 is 10.6 Å². The zero-order valence-electron chi connectivity index (χ0n) is 12.5. The fraction of sp³-hybridized carbons (Fsp3) is 0.615. The van der Waals surface area contributed by atoms with E-state index in [2.05, 4.69) is 33.9 Å². The first-order valence-electron chi connectivity index (χ1n) is 6.62. The van der Waals surface area contributed by atoms with Gasteiger partial charge in [-0.15, -0.1) is 0 Å². The molecule has 1 atom stereocenters. The number of anilines is 1. The Morgan fingerprint density at radius 2 is 2.25 bits per heavy atom. The average molecular weight is 281 g/mol. The summed E-state index contributed by atoms with van der Waals surface area (Å²) in [6.45, 7) is 7.32. The van der Waals surface area contributed by atoms with Gasteiger partial charge in [-0.25, -0.2) is 9.97 Å². The molecule has 0 aliphatic carbocycles. The molecule has 0 radical (unpaired) electrons. The van der Waals surface area contributed by atoms with Crippen molar-refractivity contribution in [1.29, 1.82) is 0 Å². The molecule has 1 aromatic heterocycles. The van der Waals surface area contributed by atoms with Gasteiger partial charge in [-0.2, -0.15) is 0 Å². The first kappa shape index (κ1) is 16.2. The zero-order valence-corrected chi connectivity index (χ0v) is 12.5. The van der Waals surface area contributed by atoms with Crippen molar-refractivity contribution in [3.8, 4) is 0 Å².